The molecule has 1 aliphatic rings. The number of nitrogens with one attached hydrogen (secondary N) is 1. The first-order chi connectivity index (χ1) is 13.9. The highest BCUT2D eigenvalue weighted by Crippen LogP contribution is 2.23. The Morgan fingerprint density at radius 2 is 2.14 bits per heavy atom. The third kappa shape index (κ3) is 5.19. The summed E-state index contributed by atoms with van der Waals surface area (Å²) in [4.78, 5) is 25.1. The fraction of sp³-hybridized carbons (Fsp3) is 0.571. The van der Waals surface area contributed by atoms with Crippen molar-refractivity contribution in [2.24, 2.45) is 5.92 Å². The maximum atomic E-state index is 12.7. The van der Waals surface area contributed by atoms with Crippen molar-refractivity contribution < 1.29 is 14.6 Å². The predicted octanol–water partition coefficient (Wildman–Crippen LogP) is 2.33. The van der Waals surface area contributed by atoms with Gasteiger partial charge in [0.1, 0.15) is 17.3 Å². The second-order valence-corrected chi connectivity index (χ2v) is 7.99. The Labute approximate surface area is 170 Å². The monoisotopic (exact) mass is 402 g/mol. The quantitative estimate of drug-likeness (QED) is 0.741. The summed E-state index contributed by atoms with van der Waals surface area (Å²) in [6.45, 7) is 7.75. The molecule has 0 aliphatic carbocycles. The summed E-state index contributed by atoms with van der Waals surface area (Å²) in [6.07, 6.45) is 2.87. The second-order valence-electron chi connectivity index (χ2n) is 7.99. The zero-order chi connectivity index (χ0) is 21.0. The first-order valence-electron chi connectivity index (χ1n) is 10.3. The number of hydrogen-bond acceptors (Lipinski definition) is 5. The Kier molecular flexibility index (Phi) is 6.61. The average molecular weight is 402 g/mol. The van der Waals surface area contributed by atoms with Crippen molar-refractivity contribution in [3.63, 3.8) is 0 Å². The summed E-state index contributed by atoms with van der Waals surface area (Å²) in [5, 5.41) is 17.4. The molecule has 0 spiro atoms. The van der Waals surface area contributed by atoms with Gasteiger partial charge in [0.05, 0.1) is 6.61 Å². The van der Waals surface area contributed by atoms with Crippen LogP contribution < -0.4 is 15.7 Å². The van der Waals surface area contributed by atoms with Crippen molar-refractivity contribution in [2.75, 3.05) is 6.61 Å². The van der Waals surface area contributed by atoms with Gasteiger partial charge in [-0.3, -0.25) is 9.36 Å². The van der Waals surface area contributed by atoms with Crippen molar-refractivity contribution in [3.8, 4) is 11.5 Å². The molecule has 1 aromatic heterocycles. The van der Waals surface area contributed by atoms with E-state index in [0.29, 0.717) is 56.2 Å². The molecular formula is C21H30N4O4. The summed E-state index contributed by atoms with van der Waals surface area (Å²) < 4.78 is 8.88. The van der Waals surface area contributed by atoms with Crippen LogP contribution >= 0.6 is 0 Å². The van der Waals surface area contributed by atoms with Crippen LogP contribution in [0.2, 0.25) is 0 Å². The minimum atomic E-state index is -0.261. The molecule has 1 unspecified atom stereocenters. The van der Waals surface area contributed by atoms with E-state index in [1.54, 1.807) is 10.6 Å². The summed E-state index contributed by atoms with van der Waals surface area (Å²) in [5.41, 5.74) is 0.282. The maximum Gasteiger partial charge on any atom is 0.345 e. The molecule has 0 saturated carbocycles. The number of carbonyl (C=O) groups is 1. The van der Waals surface area contributed by atoms with E-state index in [0.717, 1.165) is 12.2 Å². The van der Waals surface area contributed by atoms with Crippen molar-refractivity contribution in [1.82, 2.24) is 19.7 Å². The number of aromatic nitrogens is 3. The zero-order valence-electron chi connectivity index (χ0n) is 17.4. The second kappa shape index (κ2) is 9.15. The molecule has 2 aromatic rings. The highest BCUT2D eigenvalue weighted by atomic mass is 16.5. The van der Waals surface area contributed by atoms with E-state index in [9.17, 15) is 14.7 Å². The van der Waals surface area contributed by atoms with Crippen molar-refractivity contribution in [3.05, 3.63) is 40.1 Å². The largest absolute Gasteiger partial charge is 0.508 e. The van der Waals surface area contributed by atoms with Gasteiger partial charge in [-0.15, -0.1) is 0 Å². The fourth-order valence-electron chi connectivity index (χ4n) is 3.46. The molecule has 1 amide bonds. The molecule has 29 heavy (non-hydrogen) atoms. The number of amides is 1. The van der Waals surface area contributed by atoms with Gasteiger partial charge in [0.25, 0.3) is 5.91 Å². The molecule has 0 saturated heterocycles. The fourth-order valence-corrected chi connectivity index (χ4v) is 3.46. The Morgan fingerprint density at radius 1 is 1.34 bits per heavy atom. The number of rotatable bonds is 7. The van der Waals surface area contributed by atoms with E-state index in [1.807, 2.05) is 20.8 Å². The van der Waals surface area contributed by atoms with E-state index in [4.69, 9.17) is 4.74 Å². The molecule has 0 fully saturated rings. The predicted molar refractivity (Wildman–Crippen MR) is 109 cm³/mol. The smallest absolute Gasteiger partial charge is 0.345 e. The summed E-state index contributed by atoms with van der Waals surface area (Å²) in [5.74, 6) is 1.33. The summed E-state index contributed by atoms with van der Waals surface area (Å²) >= 11 is 0. The SMILES string of the molecule is CCCn1nc2n(c1=O)CCC(NC(=O)c1cc(O)cc(OCC(C)C)c1)CC2. The average Bonchev–Trinajstić information content (AvgIpc) is 2.84. The normalized spacial score (nSPS) is 16.3. The number of aryl methyl sites for hydroxylation is 2. The topological polar surface area (TPSA) is 98.4 Å². The first kappa shape index (κ1) is 21.0. The van der Waals surface area contributed by atoms with Crippen LogP contribution in [-0.4, -0.2) is 38.0 Å². The number of benzene rings is 1. The van der Waals surface area contributed by atoms with Crippen LogP contribution in [0.15, 0.2) is 23.0 Å². The van der Waals surface area contributed by atoms with Crippen LogP contribution in [0, 0.1) is 5.92 Å². The van der Waals surface area contributed by atoms with Crippen LogP contribution in [0.25, 0.3) is 0 Å². The van der Waals surface area contributed by atoms with E-state index in [1.165, 1.54) is 16.8 Å². The number of hydrogen-bond donors (Lipinski definition) is 2. The molecule has 0 bridgehead atoms. The van der Waals surface area contributed by atoms with Gasteiger partial charge in [-0.2, -0.15) is 5.10 Å². The van der Waals surface area contributed by atoms with Crippen LogP contribution in [0.4, 0.5) is 0 Å². The maximum absolute atomic E-state index is 12.7. The third-order valence-electron chi connectivity index (χ3n) is 4.92. The molecule has 2 heterocycles. The molecule has 1 aliphatic heterocycles. The molecule has 1 atom stereocenters. The van der Waals surface area contributed by atoms with E-state index in [2.05, 4.69) is 10.4 Å². The molecule has 158 valence electrons. The molecule has 8 nitrogen and oxygen atoms in total. The molecular weight excluding hydrogens is 372 g/mol. The summed E-state index contributed by atoms with van der Waals surface area (Å²) in [6, 6.07) is 4.52. The van der Waals surface area contributed by atoms with Gasteiger partial charge in [0.2, 0.25) is 0 Å². The Morgan fingerprint density at radius 3 is 2.86 bits per heavy atom. The van der Waals surface area contributed by atoms with Gasteiger partial charge in [0.15, 0.2) is 0 Å². The highest BCUT2D eigenvalue weighted by molar-refractivity contribution is 5.95. The lowest BCUT2D eigenvalue weighted by Crippen LogP contribution is -2.35. The number of phenols is 1. The highest BCUT2D eigenvalue weighted by Gasteiger charge is 2.22. The van der Waals surface area contributed by atoms with E-state index >= 15 is 0 Å². The van der Waals surface area contributed by atoms with Gasteiger partial charge in [-0.1, -0.05) is 20.8 Å². The van der Waals surface area contributed by atoms with Crippen molar-refractivity contribution >= 4 is 5.91 Å². The number of aromatic hydroxyl groups is 1. The van der Waals surface area contributed by atoms with Crippen LogP contribution in [0.5, 0.6) is 11.5 Å². The van der Waals surface area contributed by atoms with Gasteiger partial charge >= 0.3 is 5.69 Å². The van der Waals surface area contributed by atoms with E-state index in [-0.39, 0.29) is 23.4 Å². The number of carbonyl (C=O) groups excluding carboxylic acids is 1. The van der Waals surface area contributed by atoms with Crippen LogP contribution in [-0.2, 0) is 19.5 Å². The third-order valence-corrected chi connectivity index (χ3v) is 4.92. The van der Waals surface area contributed by atoms with Gasteiger partial charge in [0, 0.05) is 37.2 Å². The van der Waals surface area contributed by atoms with Crippen molar-refractivity contribution in [1.29, 1.82) is 0 Å². The molecule has 3 rings (SSSR count). The lowest BCUT2D eigenvalue weighted by Gasteiger charge is -2.17. The Hall–Kier alpha value is -2.77. The van der Waals surface area contributed by atoms with Crippen molar-refractivity contribution in [2.45, 2.75) is 65.6 Å². The van der Waals surface area contributed by atoms with Crippen LogP contribution in [0.3, 0.4) is 0 Å². The minimum absolute atomic E-state index is 0.00566. The zero-order valence-corrected chi connectivity index (χ0v) is 17.4. The number of phenolic OH excluding ortho intramolecular Hbond substituents is 1. The first-order valence-corrected chi connectivity index (χ1v) is 10.3. The summed E-state index contributed by atoms with van der Waals surface area (Å²) in [7, 11) is 0. The lowest BCUT2D eigenvalue weighted by molar-refractivity contribution is 0.0932. The number of ether oxygens (including phenoxy) is 1. The van der Waals surface area contributed by atoms with Gasteiger partial charge in [-0.25, -0.2) is 9.48 Å². The Bertz CT molecular complexity index is 916. The molecule has 0 radical (unpaired) electrons. The van der Waals surface area contributed by atoms with E-state index < -0.39 is 0 Å². The molecule has 2 N–H and O–H groups in total. The molecule has 1 aromatic carbocycles. The Balaban J connectivity index is 1.65. The van der Waals surface area contributed by atoms with Gasteiger partial charge in [-0.05, 0) is 37.3 Å². The minimum Gasteiger partial charge on any atom is -0.508 e. The standard InChI is InChI=1S/C21H30N4O4/c1-4-8-25-21(28)24-9-7-16(5-6-19(24)23-25)22-20(27)15-10-17(26)12-18(11-15)29-13-14(2)3/h10-12,14,16,26H,4-9,13H2,1-3H3,(H,22,27). The lowest BCUT2D eigenvalue weighted by atomic mass is 10.1. The van der Waals surface area contributed by atoms with Crippen LogP contribution in [0.1, 0.15) is 56.2 Å². The van der Waals surface area contributed by atoms with Gasteiger partial charge < -0.3 is 15.2 Å². The number of nitrogens with zero attached hydrogens (tertiary/aromatic N) is 3. The number of fused-ring (bicyclic) bond motifs is 1. The molecule has 8 heteroatoms.